The predicted molar refractivity (Wildman–Crippen MR) is 90.6 cm³/mol. The molecule has 124 valence electrons. The van der Waals surface area contributed by atoms with Crippen molar-refractivity contribution in [2.24, 2.45) is 5.73 Å². The number of nitrogens with two attached hydrogens (primary N) is 1. The van der Waals surface area contributed by atoms with E-state index < -0.39 is 5.91 Å². The third-order valence-corrected chi connectivity index (χ3v) is 3.82. The van der Waals surface area contributed by atoms with Gasteiger partial charge in [-0.1, -0.05) is 12.1 Å². The number of hydrogen-bond acceptors (Lipinski definition) is 6. The number of nitrogens with zero attached hydrogens (tertiary/aromatic N) is 4. The summed E-state index contributed by atoms with van der Waals surface area (Å²) in [5.41, 5.74) is 6.33. The van der Waals surface area contributed by atoms with Gasteiger partial charge in [-0.2, -0.15) is 10.5 Å². The van der Waals surface area contributed by atoms with Crippen LogP contribution in [0.4, 0.5) is 5.69 Å². The number of piperazine rings is 1. The van der Waals surface area contributed by atoms with Gasteiger partial charge in [-0.05, 0) is 12.1 Å². The van der Waals surface area contributed by atoms with Crippen molar-refractivity contribution in [1.82, 2.24) is 9.80 Å². The molecule has 2 rings (SSSR count). The van der Waals surface area contributed by atoms with Crippen molar-refractivity contribution >= 4 is 11.6 Å². The fraction of sp³-hybridized carbons (Fsp3) is 0.353. The zero-order valence-corrected chi connectivity index (χ0v) is 13.4. The van der Waals surface area contributed by atoms with Crippen molar-refractivity contribution in [2.75, 3.05) is 44.6 Å². The average molecular weight is 324 g/mol. The van der Waals surface area contributed by atoms with E-state index in [1.807, 2.05) is 17.0 Å². The second-order valence-electron chi connectivity index (χ2n) is 5.43. The number of nitriles is 2. The molecule has 1 aliphatic rings. The number of rotatable bonds is 5. The van der Waals surface area contributed by atoms with E-state index in [9.17, 15) is 10.1 Å². The van der Waals surface area contributed by atoms with Crippen LogP contribution in [-0.2, 0) is 4.79 Å². The molecule has 1 aromatic rings. The zero-order valence-electron chi connectivity index (χ0n) is 13.4. The van der Waals surface area contributed by atoms with E-state index in [2.05, 4.69) is 10.2 Å². The van der Waals surface area contributed by atoms with E-state index in [0.29, 0.717) is 17.8 Å². The van der Waals surface area contributed by atoms with Crippen molar-refractivity contribution in [3.8, 4) is 12.1 Å². The molecular formula is C17H20N6O. The smallest absolute Gasteiger partial charge is 0.267 e. The first-order valence-electron chi connectivity index (χ1n) is 7.76. The van der Waals surface area contributed by atoms with E-state index in [1.165, 1.54) is 0 Å². The summed E-state index contributed by atoms with van der Waals surface area (Å²) in [6, 6.07) is 10.6. The predicted octanol–water partition coefficient (Wildman–Crippen LogP) is 0.481. The molecule has 0 radical (unpaired) electrons. The first-order chi connectivity index (χ1) is 11.7. The maximum absolute atomic E-state index is 12.3. The third kappa shape index (κ3) is 4.56. The highest BCUT2D eigenvalue weighted by Gasteiger charge is 2.17. The minimum absolute atomic E-state index is 0.0232. The van der Waals surface area contributed by atoms with Crippen molar-refractivity contribution < 1.29 is 4.79 Å². The molecule has 1 heterocycles. The summed E-state index contributed by atoms with van der Waals surface area (Å²) >= 11 is 0. The number of hydrogen-bond donors (Lipinski definition) is 2. The van der Waals surface area contributed by atoms with Gasteiger partial charge in [0.2, 0.25) is 0 Å². The molecule has 0 saturated carbocycles. The van der Waals surface area contributed by atoms with E-state index in [-0.39, 0.29) is 5.57 Å². The van der Waals surface area contributed by atoms with Crippen LogP contribution in [0.1, 0.15) is 5.56 Å². The van der Waals surface area contributed by atoms with Gasteiger partial charge in [0, 0.05) is 45.5 Å². The van der Waals surface area contributed by atoms with Gasteiger partial charge >= 0.3 is 0 Å². The van der Waals surface area contributed by atoms with Crippen molar-refractivity contribution in [3.63, 3.8) is 0 Å². The fourth-order valence-electron chi connectivity index (χ4n) is 2.50. The SMILES string of the molecule is N#C/C(=C/N1CCN(CCN)CC1)C(=O)Nc1ccccc1C#N. The second-order valence-corrected chi connectivity index (χ2v) is 5.43. The maximum atomic E-state index is 12.3. The van der Waals surface area contributed by atoms with Gasteiger partial charge in [0.25, 0.3) is 5.91 Å². The molecule has 1 saturated heterocycles. The quantitative estimate of drug-likeness (QED) is 0.602. The molecule has 1 aliphatic heterocycles. The highest BCUT2D eigenvalue weighted by Crippen LogP contribution is 2.15. The van der Waals surface area contributed by atoms with Crippen LogP contribution in [0.3, 0.4) is 0 Å². The minimum Gasteiger partial charge on any atom is -0.374 e. The van der Waals surface area contributed by atoms with Crippen LogP contribution in [0.5, 0.6) is 0 Å². The van der Waals surface area contributed by atoms with E-state index in [0.717, 1.165) is 32.7 Å². The summed E-state index contributed by atoms with van der Waals surface area (Å²) in [5.74, 6) is -0.510. The number of benzene rings is 1. The Morgan fingerprint density at radius 3 is 2.58 bits per heavy atom. The highest BCUT2D eigenvalue weighted by molar-refractivity contribution is 6.07. The maximum Gasteiger partial charge on any atom is 0.267 e. The van der Waals surface area contributed by atoms with Crippen LogP contribution >= 0.6 is 0 Å². The van der Waals surface area contributed by atoms with Crippen LogP contribution in [0.15, 0.2) is 36.0 Å². The summed E-state index contributed by atoms with van der Waals surface area (Å²) in [7, 11) is 0. The Morgan fingerprint density at radius 1 is 1.25 bits per heavy atom. The molecule has 0 spiro atoms. The van der Waals surface area contributed by atoms with Crippen molar-refractivity contribution in [1.29, 1.82) is 10.5 Å². The Bertz CT molecular complexity index is 692. The van der Waals surface area contributed by atoms with E-state index in [1.54, 1.807) is 30.5 Å². The van der Waals surface area contributed by atoms with Gasteiger partial charge in [0.1, 0.15) is 17.7 Å². The lowest BCUT2D eigenvalue weighted by atomic mass is 10.2. The van der Waals surface area contributed by atoms with Gasteiger partial charge in [0.05, 0.1) is 11.3 Å². The van der Waals surface area contributed by atoms with Gasteiger partial charge in [0.15, 0.2) is 0 Å². The van der Waals surface area contributed by atoms with Gasteiger partial charge in [-0.3, -0.25) is 9.69 Å². The molecule has 0 unspecified atom stereocenters. The number of carbonyl (C=O) groups is 1. The molecule has 7 heteroatoms. The van der Waals surface area contributed by atoms with Crippen molar-refractivity contribution in [2.45, 2.75) is 0 Å². The standard InChI is InChI=1S/C17H20N6O/c18-5-6-22-7-9-23(10-8-22)13-15(12-20)17(24)21-16-4-2-1-3-14(16)11-19/h1-4,13H,5-10,18H2,(H,21,24)/b15-13-. The number of carbonyl (C=O) groups excluding carboxylic acids is 1. The molecule has 7 nitrogen and oxygen atoms in total. The molecule has 0 aliphatic carbocycles. The third-order valence-electron chi connectivity index (χ3n) is 3.82. The van der Waals surface area contributed by atoms with Crippen LogP contribution in [0.2, 0.25) is 0 Å². The zero-order chi connectivity index (χ0) is 17.4. The van der Waals surface area contributed by atoms with Crippen LogP contribution in [0, 0.1) is 22.7 Å². The highest BCUT2D eigenvalue weighted by atomic mass is 16.1. The monoisotopic (exact) mass is 324 g/mol. The van der Waals surface area contributed by atoms with Crippen LogP contribution < -0.4 is 11.1 Å². The summed E-state index contributed by atoms with van der Waals surface area (Å²) in [6.45, 7) is 4.67. The number of para-hydroxylation sites is 1. The molecule has 0 atom stereocenters. The fourth-order valence-corrected chi connectivity index (χ4v) is 2.50. The molecule has 1 fully saturated rings. The Labute approximate surface area is 141 Å². The molecule has 1 aromatic carbocycles. The number of anilines is 1. The number of nitrogens with one attached hydrogen (secondary N) is 1. The lowest BCUT2D eigenvalue weighted by molar-refractivity contribution is -0.112. The second kappa shape index (κ2) is 8.68. The summed E-state index contributed by atoms with van der Waals surface area (Å²) < 4.78 is 0. The minimum atomic E-state index is -0.510. The first kappa shape index (κ1) is 17.5. The van der Waals surface area contributed by atoms with Gasteiger partial charge < -0.3 is 16.0 Å². The lowest BCUT2D eigenvalue weighted by Crippen LogP contribution is -2.45. The summed E-state index contributed by atoms with van der Waals surface area (Å²) in [5, 5.41) is 20.9. The lowest BCUT2D eigenvalue weighted by Gasteiger charge is -2.33. The topological polar surface area (TPSA) is 109 Å². The molecule has 0 bridgehead atoms. The van der Waals surface area contributed by atoms with Gasteiger partial charge in [-0.25, -0.2) is 0 Å². The van der Waals surface area contributed by atoms with E-state index >= 15 is 0 Å². The molecule has 0 aromatic heterocycles. The Morgan fingerprint density at radius 2 is 1.96 bits per heavy atom. The van der Waals surface area contributed by atoms with Crippen LogP contribution in [0.25, 0.3) is 0 Å². The van der Waals surface area contributed by atoms with Crippen molar-refractivity contribution in [3.05, 3.63) is 41.6 Å². The largest absolute Gasteiger partial charge is 0.374 e. The molecule has 1 amide bonds. The van der Waals surface area contributed by atoms with Gasteiger partial charge in [-0.15, -0.1) is 0 Å². The molecule has 3 N–H and O–H groups in total. The number of amides is 1. The Kier molecular flexibility index (Phi) is 6.32. The van der Waals surface area contributed by atoms with E-state index in [4.69, 9.17) is 11.0 Å². The summed E-state index contributed by atoms with van der Waals surface area (Å²) in [4.78, 5) is 16.5. The normalized spacial score (nSPS) is 15.5. The molecular weight excluding hydrogens is 304 g/mol. The molecule has 24 heavy (non-hydrogen) atoms. The Balaban J connectivity index is 2.02. The average Bonchev–Trinajstić information content (AvgIpc) is 2.61. The summed E-state index contributed by atoms with van der Waals surface area (Å²) in [6.07, 6.45) is 1.59. The first-order valence-corrected chi connectivity index (χ1v) is 7.76. The van der Waals surface area contributed by atoms with Crippen LogP contribution in [-0.4, -0.2) is 55.0 Å². The Hall–Kier alpha value is -2.87.